The average molecular weight is 224 g/mol. The van der Waals surface area contributed by atoms with E-state index in [0.717, 1.165) is 0 Å². The van der Waals surface area contributed by atoms with E-state index in [-0.39, 0.29) is 5.56 Å². The van der Waals surface area contributed by atoms with E-state index < -0.39 is 18.0 Å². The van der Waals surface area contributed by atoms with Crippen LogP contribution in [0.3, 0.4) is 0 Å². The molecule has 0 spiro atoms. The second kappa shape index (κ2) is 5.39. The number of hydrogen-bond donors (Lipinski definition) is 1. The predicted molar refractivity (Wildman–Crippen MR) is 55.1 cm³/mol. The predicted octanol–water partition coefficient (Wildman–Crippen LogP) is 0.621. The number of carbonyl (C=O) groups is 2. The standard InChI is InChI=1S/C11H12O5/c1-15-10(13)8-5-3-7(4-6-8)9(12)11(14)16-2/h3-6,11,14H,1-2H3. The van der Waals surface area contributed by atoms with Crippen LogP contribution in [-0.2, 0) is 9.47 Å². The molecule has 0 aliphatic carbocycles. The van der Waals surface area contributed by atoms with Crippen molar-refractivity contribution in [3.05, 3.63) is 35.4 Å². The first kappa shape index (κ1) is 12.4. The van der Waals surface area contributed by atoms with Crippen LogP contribution in [-0.4, -0.2) is 37.4 Å². The van der Waals surface area contributed by atoms with Crippen molar-refractivity contribution in [1.29, 1.82) is 0 Å². The van der Waals surface area contributed by atoms with Gasteiger partial charge in [-0.2, -0.15) is 0 Å². The van der Waals surface area contributed by atoms with Crippen molar-refractivity contribution in [3.8, 4) is 0 Å². The van der Waals surface area contributed by atoms with E-state index in [1.54, 1.807) is 0 Å². The second-order valence-electron chi connectivity index (χ2n) is 3.02. The zero-order valence-electron chi connectivity index (χ0n) is 8.97. The van der Waals surface area contributed by atoms with Gasteiger partial charge in [0.1, 0.15) is 0 Å². The van der Waals surface area contributed by atoms with Crippen LogP contribution < -0.4 is 0 Å². The number of Topliss-reactive ketones (excluding diaryl/α,β-unsaturated/α-hetero) is 1. The highest BCUT2D eigenvalue weighted by molar-refractivity contribution is 5.99. The third-order valence-corrected chi connectivity index (χ3v) is 2.04. The molecule has 0 aliphatic heterocycles. The van der Waals surface area contributed by atoms with E-state index in [1.807, 2.05) is 0 Å². The molecule has 0 fully saturated rings. The molecule has 5 nitrogen and oxygen atoms in total. The van der Waals surface area contributed by atoms with Crippen LogP contribution in [0.25, 0.3) is 0 Å². The molecule has 1 aromatic rings. The number of ketones is 1. The van der Waals surface area contributed by atoms with E-state index in [0.29, 0.717) is 5.56 Å². The van der Waals surface area contributed by atoms with Crippen molar-refractivity contribution in [1.82, 2.24) is 0 Å². The topological polar surface area (TPSA) is 72.8 Å². The number of esters is 1. The number of aliphatic hydroxyl groups excluding tert-OH is 1. The van der Waals surface area contributed by atoms with Gasteiger partial charge in [-0.1, -0.05) is 12.1 Å². The van der Waals surface area contributed by atoms with Crippen molar-refractivity contribution in [2.45, 2.75) is 6.29 Å². The summed E-state index contributed by atoms with van der Waals surface area (Å²) in [6, 6.07) is 5.75. The van der Waals surface area contributed by atoms with Crippen molar-refractivity contribution in [2.24, 2.45) is 0 Å². The van der Waals surface area contributed by atoms with Gasteiger partial charge in [-0.3, -0.25) is 4.79 Å². The number of rotatable bonds is 4. The molecule has 0 saturated carbocycles. The molecule has 0 aromatic heterocycles. The molecular weight excluding hydrogens is 212 g/mol. The van der Waals surface area contributed by atoms with E-state index >= 15 is 0 Å². The van der Waals surface area contributed by atoms with Crippen LogP contribution in [0.5, 0.6) is 0 Å². The molecule has 1 unspecified atom stereocenters. The van der Waals surface area contributed by atoms with Gasteiger partial charge in [0.25, 0.3) is 0 Å². The summed E-state index contributed by atoms with van der Waals surface area (Å²) in [5.74, 6) is -1.04. The number of methoxy groups -OCH3 is 2. The number of ether oxygens (including phenoxy) is 2. The highest BCUT2D eigenvalue weighted by Gasteiger charge is 2.16. The van der Waals surface area contributed by atoms with Crippen molar-refractivity contribution in [2.75, 3.05) is 14.2 Å². The van der Waals surface area contributed by atoms with Gasteiger partial charge in [0, 0.05) is 12.7 Å². The lowest BCUT2D eigenvalue weighted by Gasteiger charge is -2.07. The molecule has 5 heteroatoms. The number of carbonyl (C=O) groups excluding carboxylic acids is 2. The lowest BCUT2D eigenvalue weighted by molar-refractivity contribution is -0.0483. The first-order chi connectivity index (χ1) is 7.60. The van der Waals surface area contributed by atoms with Crippen molar-refractivity contribution in [3.63, 3.8) is 0 Å². The fourth-order valence-corrected chi connectivity index (χ4v) is 1.14. The Morgan fingerprint density at radius 1 is 1.12 bits per heavy atom. The largest absolute Gasteiger partial charge is 0.465 e. The smallest absolute Gasteiger partial charge is 0.337 e. The third kappa shape index (κ3) is 2.65. The van der Waals surface area contributed by atoms with Crippen LogP contribution in [0, 0.1) is 0 Å². The molecule has 0 amide bonds. The third-order valence-electron chi connectivity index (χ3n) is 2.04. The summed E-state index contributed by atoms with van der Waals surface area (Å²) in [7, 11) is 2.50. The van der Waals surface area contributed by atoms with E-state index in [2.05, 4.69) is 9.47 Å². The molecular formula is C11H12O5. The minimum atomic E-state index is -1.48. The molecule has 0 radical (unpaired) electrons. The van der Waals surface area contributed by atoms with Crippen LogP contribution in [0.15, 0.2) is 24.3 Å². The van der Waals surface area contributed by atoms with E-state index in [4.69, 9.17) is 5.11 Å². The molecule has 1 N–H and O–H groups in total. The minimum absolute atomic E-state index is 0.266. The molecule has 0 bridgehead atoms. The summed E-state index contributed by atoms with van der Waals surface area (Å²) in [5, 5.41) is 9.14. The van der Waals surface area contributed by atoms with Gasteiger partial charge in [-0.15, -0.1) is 0 Å². The summed E-state index contributed by atoms with van der Waals surface area (Å²) in [4.78, 5) is 22.5. The lowest BCUT2D eigenvalue weighted by atomic mass is 10.1. The highest BCUT2D eigenvalue weighted by Crippen LogP contribution is 2.08. The Kier molecular flexibility index (Phi) is 4.16. The van der Waals surface area contributed by atoms with E-state index in [9.17, 15) is 9.59 Å². The van der Waals surface area contributed by atoms with Crippen LogP contribution in [0.1, 0.15) is 20.7 Å². The summed E-state index contributed by atoms with van der Waals surface area (Å²) >= 11 is 0. The van der Waals surface area contributed by atoms with Crippen molar-refractivity contribution >= 4 is 11.8 Å². The Morgan fingerprint density at radius 2 is 1.62 bits per heavy atom. The summed E-state index contributed by atoms with van der Waals surface area (Å²) < 4.78 is 8.99. The second-order valence-corrected chi connectivity index (χ2v) is 3.02. The minimum Gasteiger partial charge on any atom is -0.465 e. The maximum absolute atomic E-state index is 11.4. The molecule has 0 aliphatic rings. The molecule has 86 valence electrons. The van der Waals surface area contributed by atoms with Gasteiger partial charge in [0.05, 0.1) is 12.7 Å². The highest BCUT2D eigenvalue weighted by atomic mass is 16.6. The zero-order chi connectivity index (χ0) is 12.1. The molecule has 16 heavy (non-hydrogen) atoms. The molecule has 1 aromatic carbocycles. The quantitative estimate of drug-likeness (QED) is 0.461. The maximum atomic E-state index is 11.4. The number of benzene rings is 1. The Hall–Kier alpha value is -1.72. The van der Waals surface area contributed by atoms with Gasteiger partial charge in [0.2, 0.25) is 12.1 Å². The molecule has 0 saturated heterocycles. The zero-order valence-corrected chi connectivity index (χ0v) is 8.97. The van der Waals surface area contributed by atoms with Gasteiger partial charge < -0.3 is 14.6 Å². The number of aliphatic hydroxyl groups is 1. The SMILES string of the molecule is COC(=O)c1ccc(C(=O)C(O)OC)cc1. The average Bonchev–Trinajstić information content (AvgIpc) is 2.36. The first-order valence-electron chi connectivity index (χ1n) is 4.53. The molecule has 1 rings (SSSR count). The Balaban J connectivity index is 2.87. The normalized spacial score (nSPS) is 11.9. The fourth-order valence-electron chi connectivity index (χ4n) is 1.14. The first-order valence-corrected chi connectivity index (χ1v) is 4.53. The lowest BCUT2D eigenvalue weighted by Crippen LogP contribution is -2.22. The van der Waals surface area contributed by atoms with Gasteiger partial charge in [0.15, 0.2) is 0 Å². The summed E-state index contributed by atoms with van der Waals surface area (Å²) in [6.07, 6.45) is -1.48. The molecule has 0 heterocycles. The van der Waals surface area contributed by atoms with Gasteiger partial charge >= 0.3 is 5.97 Å². The Bertz CT molecular complexity index is 382. The van der Waals surface area contributed by atoms with E-state index in [1.165, 1.54) is 38.5 Å². The van der Waals surface area contributed by atoms with Gasteiger partial charge in [-0.05, 0) is 12.1 Å². The maximum Gasteiger partial charge on any atom is 0.337 e. The van der Waals surface area contributed by atoms with Crippen LogP contribution in [0.4, 0.5) is 0 Å². The van der Waals surface area contributed by atoms with Crippen LogP contribution in [0.2, 0.25) is 0 Å². The number of hydrogen-bond acceptors (Lipinski definition) is 5. The monoisotopic (exact) mass is 224 g/mol. The van der Waals surface area contributed by atoms with Crippen LogP contribution >= 0.6 is 0 Å². The molecule has 1 atom stereocenters. The Morgan fingerprint density at radius 3 is 2.06 bits per heavy atom. The summed E-state index contributed by atoms with van der Waals surface area (Å²) in [6.45, 7) is 0. The summed E-state index contributed by atoms with van der Waals surface area (Å²) in [5.41, 5.74) is 0.605. The Labute approximate surface area is 92.6 Å². The van der Waals surface area contributed by atoms with Gasteiger partial charge in [-0.25, -0.2) is 4.79 Å². The van der Waals surface area contributed by atoms with Crippen molar-refractivity contribution < 1.29 is 24.2 Å². The fraction of sp³-hybridized carbons (Fsp3) is 0.273.